The van der Waals surface area contributed by atoms with E-state index in [0.717, 1.165) is 19.8 Å². The number of aliphatic hydroxyl groups is 1. The Kier molecular flexibility index (Phi) is 5.21. The Labute approximate surface area is 135 Å². The first-order valence-corrected chi connectivity index (χ1v) is 7.94. The van der Waals surface area contributed by atoms with Gasteiger partial charge in [0.25, 0.3) is 0 Å². The minimum Gasteiger partial charge on any atom is -0.389 e. The van der Waals surface area contributed by atoms with Crippen molar-refractivity contribution in [3.05, 3.63) is 56.5 Å². The van der Waals surface area contributed by atoms with Gasteiger partial charge in [-0.05, 0) is 58.7 Å². The Hall–Kier alpha value is -0.190. The van der Waals surface area contributed by atoms with Gasteiger partial charge < -0.3 is 5.11 Å². The molecule has 0 amide bonds. The van der Waals surface area contributed by atoms with Gasteiger partial charge in [0.05, 0.1) is 16.1 Å². The fourth-order valence-corrected chi connectivity index (χ4v) is 3.39. The molecule has 0 aliphatic heterocycles. The fourth-order valence-electron chi connectivity index (χ4n) is 1.53. The highest BCUT2D eigenvalue weighted by molar-refractivity contribution is 9.10. The normalized spacial score (nSPS) is 12.5. The van der Waals surface area contributed by atoms with Crippen molar-refractivity contribution in [3.8, 4) is 0 Å². The second-order valence-corrected chi connectivity index (χ2v) is 6.83. The SMILES string of the molecule is CC(O)c1ccc(Sc2ccc(Cl)c(Cl)c2)c(Br)c1. The van der Waals surface area contributed by atoms with E-state index in [1.54, 1.807) is 24.8 Å². The van der Waals surface area contributed by atoms with Gasteiger partial charge in [0.1, 0.15) is 0 Å². The average Bonchev–Trinajstić information content (AvgIpc) is 2.36. The summed E-state index contributed by atoms with van der Waals surface area (Å²) in [6.45, 7) is 1.74. The first kappa shape index (κ1) is 15.2. The Bertz CT molecular complexity index is 602. The molecule has 2 rings (SSSR count). The average molecular weight is 378 g/mol. The maximum Gasteiger partial charge on any atom is 0.0762 e. The molecule has 2 aromatic carbocycles. The summed E-state index contributed by atoms with van der Waals surface area (Å²) in [4.78, 5) is 2.07. The molecule has 0 spiro atoms. The zero-order chi connectivity index (χ0) is 14.0. The number of hydrogen-bond donors (Lipinski definition) is 1. The predicted octanol–water partition coefficient (Wildman–Crippen LogP) is 5.96. The second kappa shape index (κ2) is 6.51. The van der Waals surface area contributed by atoms with E-state index in [4.69, 9.17) is 23.2 Å². The number of halogens is 3. The van der Waals surface area contributed by atoms with Gasteiger partial charge in [-0.3, -0.25) is 0 Å². The standard InChI is InChI=1S/C14H11BrCl2OS/c1-8(18)9-2-5-14(11(15)6-9)19-10-3-4-12(16)13(17)7-10/h2-8,18H,1H3. The topological polar surface area (TPSA) is 20.2 Å². The van der Waals surface area contributed by atoms with Crippen molar-refractivity contribution in [3.63, 3.8) is 0 Å². The van der Waals surface area contributed by atoms with E-state index in [0.29, 0.717) is 10.0 Å². The smallest absolute Gasteiger partial charge is 0.0762 e. The van der Waals surface area contributed by atoms with Crippen LogP contribution in [0.25, 0.3) is 0 Å². The van der Waals surface area contributed by atoms with Gasteiger partial charge in [-0.2, -0.15) is 0 Å². The van der Waals surface area contributed by atoms with E-state index >= 15 is 0 Å². The summed E-state index contributed by atoms with van der Waals surface area (Å²) in [6, 6.07) is 11.3. The van der Waals surface area contributed by atoms with Gasteiger partial charge in [-0.1, -0.05) is 41.0 Å². The van der Waals surface area contributed by atoms with Gasteiger partial charge in [0.15, 0.2) is 0 Å². The van der Waals surface area contributed by atoms with Gasteiger partial charge >= 0.3 is 0 Å². The van der Waals surface area contributed by atoms with E-state index in [-0.39, 0.29) is 0 Å². The third-order valence-electron chi connectivity index (χ3n) is 2.56. The van der Waals surface area contributed by atoms with Crippen LogP contribution in [0.2, 0.25) is 10.0 Å². The Morgan fingerprint density at radius 2 is 1.84 bits per heavy atom. The number of benzene rings is 2. The van der Waals surface area contributed by atoms with Crippen LogP contribution in [0.5, 0.6) is 0 Å². The summed E-state index contributed by atoms with van der Waals surface area (Å²) < 4.78 is 0.946. The zero-order valence-electron chi connectivity index (χ0n) is 10.0. The van der Waals surface area contributed by atoms with E-state index in [1.165, 1.54) is 0 Å². The maximum atomic E-state index is 9.54. The van der Waals surface area contributed by atoms with Crippen LogP contribution in [0.4, 0.5) is 0 Å². The van der Waals surface area contributed by atoms with Crippen LogP contribution < -0.4 is 0 Å². The van der Waals surface area contributed by atoms with Crippen LogP contribution >= 0.6 is 50.9 Å². The molecule has 0 bridgehead atoms. The van der Waals surface area contributed by atoms with Crippen LogP contribution in [0.1, 0.15) is 18.6 Å². The molecule has 1 atom stereocenters. The molecule has 0 saturated heterocycles. The molecule has 1 N–H and O–H groups in total. The largest absolute Gasteiger partial charge is 0.389 e. The van der Waals surface area contributed by atoms with Crippen molar-refractivity contribution in [1.29, 1.82) is 0 Å². The maximum absolute atomic E-state index is 9.54. The summed E-state index contributed by atoms with van der Waals surface area (Å²) in [6.07, 6.45) is -0.472. The molecular weight excluding hydrogens is 367 g/mol. The van der Waals surface area contributed by atoms with Crippen LogP contribution in [-0.2, 0) is 0 Å². The number of hydrogen-bond acceptors (Lipinski definition) is 2. The van der Waals surface area contributed by atoms with Crippen LogP contribution in [-0.4, -0.2) is 5.11 Å². The van der Waals surface area contributed by atoms with E-state index in [9.17, 15) is 5.11 Å². The molecule has 0 fully saturated rings. The third-order valence-corrected chi connectivity index (χ3v) is 5.28. The molecule has 19 heavy (non-hydrogen) atoms. The van der Waals surface area contributed by atoms with Gasteiger partial charge in [-0.15, -0.1) is 0 Å². The molecule has 0 saturated carbocycles. The lowest BCUT2D eigenvalue weighted by Crippen LogP contribution is -1.90. The van der Waals surface area contributed by atoms with Gasteiger partial charge in [0, 0.05) is 14.3 Å². The lowest BCUT2D eigenvalue weighted by Gasteiger charge is -2.09. The van der Waals surface area contributed by atoms with Gasteiger partial charge in [-0.25, -0.2) is 0 Å². The molecule has 0 aromatic heterocycles. The molecule has 1 unspecified atom stereocenters. The molecule has 0 aliphatic rings. The first-order chi connectivity index (χ1) is 8.97. The third kappa shape index (κ3) is 3.89. The molecule has 0 heterocycles. The van der Waals surface area contributed by atoms with E-state index < -0.39 is 6.10 Å². The van der Waals surface area contributed by atoms with Crippen molar-refractivity contribution in [2.24, 2.45) is 0 Å². The Morgan fingerprint density at radius 3 is 2.42 bits per heavy atom. The number of aliphatic hydroxyl groups excluding tert-OH is 1. The van der Waals surface area contributed by atoms with Crippen molar-refractivity contribution >= 4 is 50.9 Å². The molecular formula is C14H11BrCl2OS. The van der Waals surface area contributed by atoms with Crippen molar-refractivity contribution < 1.29 is 5.11 Å². The van der Waals surface area contributed by atoms with Gasteiger partial charge in [0.2, 0.25) is 0 Å². The number of rotatable bonds is 3. The quantitative estimate of drug-likeness (QED) is 0.711. The Balaban J connectivity index is 2.25. The highest BCUT2D eigenvalue weighted by Gasteiger charge is 2.08. The molecule has 1 nitrogen and oxygen atoms in total. The van der Waals surface area contributed by atoms with Crippen LogP contribution in [0.15, 0.2) is 50.7 Å². The summed E-state index contributed by atoms with van der Waals surface area (Å²) in [5, 5.41) is 10.6. The molecule has 5 heteroatoms. The lowest BCUT2D eigenvalue weighted by molar-refractivity contribution is 0.199. The van der Waals surface area contributed by atoms with Crippen molar-refractivity contribution in [2.75, 3.05) is 0 Å². The molecule has 0 aliphatic carbocycles. The monoisotopic (exact) mass is 376 g/mol. The zero-order valence-corrected chi connectivity index (χ0v) is 13.9. The lowest BCUT2D eigenvalue weighted by atomic mass is 10.1. The molecule has 100 valence electrons. The van der Waals surface area contributed by atoms with Crippen molar-refractivity contribution in [2.45, 2.75) is 22.8 Å². The van der Waals surface area contributed by atoms with E-state index in [1.807, 2.05) is 30.3 Å². The van der Waals surface area contributed by atoms with Crippen LogP contribution in [0.3, 0.4) is 0 Å². The molecule has 0 radical (unpaired) electrons. The van der Waals surface area contributed by atoms with Crippen molar-refractivity contribution in [1.82, 2.24) is 0 Å². The minimum atomic E-state index is -0.472. The molecule has 2 aromatic rings. The summed E-state index contributed by atoms with van der Waals surface area (Å²) >= 11 is 17.0. The van der Waals surface area contributed by atoms with Crippen LogP contribution in [0, 0.1) is 0 Å². The highest BCUT2D eigenvalue weighted by atomic mass is 79.9. The summed E-state index contributed by atoms with van der Waals surface area (Å²) in [5.74, 6) is 0. The van der Waals surface area contributed by atoms with E-state index in [2.05, 4.69) is 15.9 Å². The summed E-state index contributed by atoms with van der Waals surface area (Å²) in [7, 11) is 0. The second-order valence-electron chi connectivity index (χ2n) is 4.04. The predicted molar refractivity (Wildman–Crippen MR) is 85.4 cm³/mol. The highest BCUT2D eigenvalue weighted by Crippen LogP contribution is 2.37. The minimum absolute atomic E-state index is 0.472. The summed E-state index contributed by atoms with van der Waals surface area (Å²) in [5.41, 5.74) is 0.880. The fraction of sp³-hybridized carbons (Fsp3) is 0.143. The first-order valence-electron chi connectivity index (χ1n) is 5.58. The Morgan fingerprint density at radius 1 is 1.11 bits per heavy atom.